The van der Waals surface area contributed by atoms with Crippen LogP contribution < -0.4 is 11.1 Å². The summed E-state index contributed by atoms with van der Waals surface area (Å²) in [5, 5.41) is 2.44. The predicted octanol–water partition coefficient (Wildman–Crippen LogP) is 5.68. The van der Waals surface area contributed by atoms with Crippen LogP contribution >= 0.6 is 0 Å². The maximum absolute atomic E-state index is 12.0. The molecular formula is C25H42N2O2. The van der Waals surface area contributed by atoms with Gasteiger partial charge in [0.1, 0.15) is 0 Å². The van der Waals surface area contributed by atoms with E-state index in [1.807, 2.05) is 30.3 Å². The van der Waals surface area contributed by atoms with Crippen LogP contribution in [-0.4, -0.2) is 17.9 Å². The number of carbonyl (C=O) groups is 2. The number of nitrogens with one attached hydrogen (secondary N) is 1. The second kappa shape index (κ2) is 17.2. The molecule has 0 saturated carbocycles. The van der Waals surface area contributed by atoms with Crippen molar-refractivity contribution in [3.63, 3.8) is 0 Å². The first kappa shape index (κ1) is 25.4. The molecule has 0 saturated heterocycles. The van der Waals surface area contributed by atoms with E-state index >= 15 is 0 Å². The summed E-state index contributed by atoms with van der Waals surface area (Å²) in [4.78, 5) is 24.0. The van der Waals surface area contributed by atoms with Gasteiger partial charge in [-0.1, -0.05) is 114 Å². The predicted molar refractivity (Wildman–Crippen MR) is 122 cm³/mol. The lowest BCUT2D eigenvalue weighted by molar-refractivity contribution is -0.131. The fourth-order valence-electron chi connectivity index (χ4n) is 3.56. The van der Waals surface area contributed by atoms with Crippen LogP contribution in [0, 0.1) is 0 Å². The van der Waals surface area contributed by atoms with Gasteiger partial charge in [0.25, 0.3) is 0 Å². The van der Waals surface area contributed by atoms with E-state index in [0.29, 0.717) is 12.8 Å². The normalized spacial score (nSPS) is 11.9. The van der Waals surface area contributed by atoms with E-state index in [2.05, 4.69) is 12.2 Å². The molecule has 1 atom stereocenters. The second-order valence-corrected chi connectivity index (χ2v) is 8.20. The quantitative estimate of drug-likeness (QED) is 0.329. The Labute approximate surface area is 178 Å². The number of carbonyl (C=O) groups excluding carboxylic acids is 2. The first-order valence-electron chi connectivity index (χ1n) is 11.8. The Morgan fingerprint density at radius 3 is 1.79 bits per heavy atom. The third-order valence-corrected chi connectivity index (χ3v) is 5.41. The van der Waals surface area contributed by atoms with E-state index in [9.17, 15) is 9.59 Å². The number of rotatable bonds is 17. The van der Waals surface area contributed by atoms with Crippen molar-refractivity contribution < 1.29 is 9.59 Å². The lowest BCUT2D eigenvalue weighted by Crippen LogP contribution is -2.44. The van der Waals surface area contributed by atoms with Crippen molar-refractivity contribution in [2.45, 2.75) is 109 Å². The molecule has 0 aliphatic carbocycles. The van der Waals surface area contributed by atoms with Crippen LogP contribution in [0.4, 0.5) is 0 Å². The first-order chi connectivity index (χ1) is 14.1. The fourth-order valence-corrected chi connectivity index (χ4v) is 3.56. The van der Waals surface area contributed by atoms with Gasteiger partial charge in [-0.2, -0.15) is 0 Å². The van der Waals surface area contributed by atoms with Gasteiger partial charge in [0.05, 0.1) is 6.04 Å². The van der Waals surface area contributed by atoms with Crippen LogP contribution in [-0.2, 0) is 16.0 Å². The highest BCUT2D eigenvalue weighted by Crippen LogP contribution is 2.13. The van der Waals surface area contributed by atoms with E-state index in [1.165, 1.54) is 70.6 Å². The molecule has 0 aliphatic rings. The van der Waals surface area contributed by atoms with Crippen molar-refractivity contribution in [2.24, 2.45) is 5.73 Å². The zero-order valence-corrected chi connectivity index (χ0v) is 18.5. The van der Waals surface area contributed by atoms with Crippen LogP contribution in [0.3, 0.4) is 0 Å². The monoisotopic (exact) mass is 402 g/mol. The standard InChI is InChI=1S/C25H42N2O2/c1-2-3-4-5-6-7-8-9-10-11-12-13-17-20-24(28)27-25(29)23(26)21-22-18-15-14-16-19-22/h14-16,18-19,23H,2-13,17,20-21,26H2,1H3,(H,27,28,29)/t23-/m0/s1. The summed E-state index contributed by atoms with van der Waals surface area (Å²) in [6.07, 6.45) is 17.4. The average molecular weight is 403 g/mol. The van der Waals surface area contributed by atoms with E-state index in [4.69, 9.17) is 5.73 Å². The zero-order chi connectivity index (χ0) is 21.2. The highest BCUT2D eigenvalue weighted by atomic mass is 16.2. The fraction of sp³-hybridized carbons (Fsp3) is 0.680. The molecule has 0 heterocycles. The summed E-state index contributed by atoms with van der Waals surface area (Å²) in [6, 6.07) is 8.94. The average Bonchev–Trinajstić information content (AvgIpc) is 2.72. The van der Waals surface area contributed by atoms with Crippen molar-refractivity contribution in [1.82, 2.24) is 5.32 Å². The second-order valence-electron chi connectivity index (χ2n) is 8.20. The van der Waals surface area contributed by atoms with E-state index in [-0.39, 0.29) is 11.8 Å². The van der Waals surface area contributed by atoms with E-state index in [1.54, 1.807) is 0 Å². The Bertz CT molecular complexity index is 545. The lowest BCUT2D eigenvalue weighted by Gasteiger charge is -2.11. The molecule has 29 heavy (non-hydrogen) atoms. The molecule has 1 aromatic rings. The molecule has 2 amide bonds. The number of imide groups is 1. The third-order valence-electron chi connectivity index (χ3n) is 5.41. The van der Waals surface area contributed by atoms with Crippen LogP contribution in [0.5, 0.6) is 0 Å². The number of amides is 2. The highest BCUT2D eigenvalue weighted by molar-refractivity contribution is 5.97. The van der Waals surface area contributed by atoms with Crippen LogP contribution in [0.2, 0.25) is 0 Å². The van der Waals surface area contributed by atoms with Gasteiger partial charge in [-0.25, -0.2) is 0 Å². The molecule has 1 aromatic carbocycles. The molecule has 0 bridgehead atoms. The van der Waals surface area contributed by atoms with Gasteiger partial charge in [0.2, 0.25) is 11.8 Å². The third kappa shape index (κ3) is 14.0. The van der Waals surface area contributed by atoms with Crippen molar-refractivity contribution in [3.05, 3.63) is 35.9 Å². The topological polar surface area (TPSA) is 72.2 Å². The summed E-state index contributed by atoms with van der Waals surface area (Å²) >= 11 is 0. The highest BCUT2D eigenvalue weighted by Gasteiger charge is 2.16. The summed E-state index contributed by atoms with van der Waals surface area (Å²) in [5.41, 5.74) is 6.91. The van der Waals surface area contributed by atoms with Crippen molar-refractivity contribution in [3.8, 4) is 0 Å². The Morgan fingerprint density at radius 2 is 1.28 bits per heavy atom. The Balaban J connectivity index is 1.94. The van der Waals surface area contributed by atoms with Crippen LogP contribution in [0.15, 0.2) is 30.3 Å². The SMILES string of the molecule is CCCCCCCCCCCCCCCC(=O)NC(=O)[C@@H](N)Cc1ccccc1. The van der Waals surface area contributed by atoms with Gasteiger partial charge in [-0.3, -0.25) is 14.9 Å². The first-order valence-corrected chi connectivity index (χ1v) is 11.8. The summed E-state index contributed by atoms with van der Waals surface area (Å²) in [7, 11) is 0. The number of hydrogen-bond donors (Lipinski definition) is 2. The molecule has 0 fully saturated rings. The Morgan fingerprint density at radius 1 is 0.793 bits per heavy atom. The maximum Gasteiger partial charge on any atom is 0.243 e. The number of benzene rings is 1. The number of nitrogens with two attached hydrogens (primary N) is 1. The lowest BCUT2D eigenvalue weighted by atomic mass is 10.0. The number of unbranched alkanes of at least 4 members (excludes halogenated alkanes) is 12. The minimum Gasteiger partial charge on any atom is -0.320 e. The number of hydrogen-bond acceptors (Lipinski definition) is 3. The van der Waals surface area contributed by atoms with Gasteiger partial charge < -0.3 is 5.73 Å². The molecule has 0 aromatic heterocycles. The summed E-state index contributed by atoms with van der Waals surface area (Å²) < 4.78 is 0. The van der Waals surface area contributed by atoms with Crippen molar-refractivity contribution in [2.75, 3.05) is 0 Å². The van der Waals surface area contributed by atoms with E-state index in [0.717, 1.165) is 18.4 Å². The molecule has 4 nitrogen and oxygen atoms in total. The van der Waals surface area contributed by atoms with Crippen LogP contribution in [0.25, 0.3) is 0 Å². The molecule has 0 spiro atoms. The largest absolute Gasteiger partial charge is 0.320 e. The molecule has 4 heteroatoms. The van der Waals surface area contributed by atoms with E-state index < -0.39 is 6.04 Å². The van der Waals surface area contributed by atoms with Gasteiger partial charge in [-0.05, 0) is 18.4 Å². The van der Waals surface area contributed by atoms with Gasteiger partial charge in [0.15, 0.2) is 0 Å². The van der Waals surface area contributed by atoms with Gasteiger partial charge in [0, 0.05) is 6.42 Å². The van der Waals surface area contributed by atoms with Crippen molar-refractivity contribution in [1.29, 1.82) is 0 Å². The Hall–Kier alpha value is -1.68. The van der Waals surface area contributed by atoms with Crippen molar-refractivity contribution >= 4 is 11.8 Å². The minimum atomic E-state index is -0.687. The molecule has 1 rings (SSSR count). The smallest absolute Gasteiger partial charge is 0.243 e. The molecule has 164 valence electrons. The Kier molecular flexibility index (Phi) is 15.0. The molecule has 3 N–H and O–H groups in total. The summed E-state index contributed by atoms with van der Waals surface area (Å²) in [5.74, 6) is -0.588. The zero-order valence-electron chi connectivity index (χ0n) is 18.5. The molecular weight excluding hydrogens is 360 g/mol. The van der Waals surface area contributed by atoms with Gasteiger partial charge in [-0.15, -0.1) is 0 Å². The molecule has 0 unspecified atom stereocenters. The molecule has 0 aliphatic heterocycles. The van der Waals surface area contributed by atoms with Crippen LogP contribution in [0.1, 0.15) is 102 Å². The van der Waals surface area contributed by atoms with Gasteiger partial charge >= 0.3 is 0 Å². The molecule has 0 radical (unpaired) electrons. The minimum absolute atomic E-state index is 0.207. The summed E-state index contributed by atoms with van der Waals surface area (Å²) in [6.45, 7) is 2.26. The maximum atomic E-state index is 12.0.